The number of hydrogen-bond donors (Lipinski definition) is 1. The summed E-state index contributed by atoms with van der Waals surface area (Å²) in [5, 5.41) is 5.06. The van der Waals surface area contributed by atoms with Crippen molar-refractivity contribution in [2.75, 3.05) is 20.3 Å². The first kappa shape index (κ1) is 22.9. The first-order chi connectivity index (χ1) is 15.5. The highest BCUT2D eigenvalue weighted by Crippen LogP contribution is 2.28. The second-order valence-electron chi connectivity index (χ2n) is 7.14. The fraction of sp³-hybridized carbons (Fsp3) is 0.231. The highest BCUT2D eigenvalue weighted by Gasteiger charge is 2.13. The molecule has 3 aromatic rings. The van der Waals surface area contributed by atoms with Gasteiger partial charge >= 0.3 is 5.97 Å². The van der Waals surface area contributed by atoms with Crippen molar-refractivity contribution in [3.05, 3.63) is 77.9 Å². The summed E-state index contributed by atoms with van der Waals surface area (Å²) in [4.78, 5) is 24.3. The SMILES string of the molecule is CCOc1ccc(/C=C/C(=O)OCC(=O)NC(C)c2cccc3ccccc23)cc1OC. The number of nitrogens with one attached hydrogen (secondary N) is 1. The third kappa shape index (κ3) is 5.88. The minimum absolute atomic E-state index is 0.223. The van der Waals surface area contributed by atoms with Gasteiger partial charge in [-0.2, -0.15) is 0 Å². The molecular weight excluding hydrogens is 406 g/mol. The van der Waals surface area contributed by atoms with Crippen molar-refractivity contribution in [1.82, 2.24) is 5.32 Å². The zero-order chi connectivity index (χ0) is 22.9. The van der Waals surface area contributed by atoms with Crippen LogP contribution < -0.4 is 14.8 Å². The molecule has 1 unspecified atom stereocenters. The number of amides is 1. The van der Waals surface area contributed by atoms with Gasteiger partial charge in [-0.3, -0.25) is 4.79 Å². The Balaban J connectivity index is 1.54. The largest absolute Gasteiger partial charge is 0.493 e. The molecule has 0 aliphatic heterocycles. The van der Waals surface area contributed by atoms with Gasteiger partial charge < -0.3 is 19.5 Å². The molecule has 0 bridgehead atoms. The quantitative estimate of drug-likeness (QED) is 0.392. The summed E-state index contributed by atoms with van der Waals surface area (Å²) >= 11 is 0. The lowest BCUT2D eigenvalue weighted by atomic mass is 10.00. The zero-order valence-corrected chi connectivity index (χ0v) is 18.5. The highest BCUT2D eigenvalue weighted by molar-refractivity contribution is 5.90. The number of carbonyl (C=O) groups is 2. The van der Waals surface area contributed by atoms with Gasteiger partial charge in [0.2, 0.25) is 0 Å². The number of hydrogen-bond acceptors (Lipinski definition) is 5. The second-order valence-corrected chi connectivity index (χ2v) is 7.14. The molecule has 0 aliphatic rings. The number of fused-ring (bicyclic) bond motifs is 1. The van der Waals surface area contributed by atoms with Crippen LogP contribution >= 0.6 is 0 Å². The Hall–Kier alpha value is -3.80. The smallest absolute Gasteiger partial charge is 0.331 e. The van der Waals surface area contributed by atoms with Gasteiger partial charge in [0.15, 0.2) is 18.1 Å². The summed E-state index contributed by atoms with van der Waals surface area (Å²) in [6.45, 7) is 3.97. The molecule has 0 spiro atoms. The standard InChI is InChI=1S/C26H27NO5/c1-4-31-23-14-12-19(16-24(23)30-3)13-15-26(29)32-17-25(28)27-18(2)21-11-7-9-20-8-5-6-10-22(20)21/h5-16,18H,4,17H2,1-3H3,(H,27,28)/b15-13+. The van der Waals surface area contributed by atoms with Gasteiger partial charge in [-0.25, -0.2) is 4.79 Å². The van der Waals surface area contributed by atoms with Gasteiger partial charge in [0, 0.05) is 6.08 Å². The van der Waals surface area contributed by atoms with Gasteiger partial charge in [0.05, 0.1) is 19.8 Å². The Morgan fingerprint density at radius 1 is 1.03 bits per heavy atom. The van der Waals surface area contributed by atoms with Crippen molar-refractivity contribution in [2.24, 2.45) is 0 Å². The van der Waals surface area contributed by atoms with E-state index in [-0.39, 0.29) is 18.6 Å². The molecule has 0 aliphatic carbocycles. The van der Waals surface area contributed by atoms with Crippen LogP contribution in [0.1, 0.15) is 31.0 Å². The lowest BCUT2D eigenvalue weighted by Gasteiger charge is -2.16. The van der Waals surface area contributed by atoms with Crippen molar-refractivity contribution in [3.63, 3.8) is 0 Å². The first-order valence-corrected chi connectivity index (χ1v) is 10.4. The number of ether oxygens (including phenoxy) is 3. The maximum atomic E-state index is 12.3. The van der Waals surface area contributed by atoms with Crippen molar-refractivity contribution in [1.29, 1.82) is 0 Å². The summed E-state index contributed by atoms with van der Waals surface area (Å²) in [5.74, 6) is 0.233. The third-order valence-corrected chi connectivity index (χ3v) is 4.91. The number of methoxy groups -OCH3 is 1. The fourth-order valence-corrected chi connectivity index (χ4v) is 3.40. The van der Waals surface area contributed by atoms with Crippen molar-refractivity contribution >= 4 is 28.7 Å². The topological polar surface area (TPSA) is 73.9 Å². The first-order valence-electron chi connectivity index (χ1n) is 10.4. The molecule has 6 heteroatoms. The predicted octanol–water partition coefficient (Wildman–Crippen LogP) is 4.68. The molecule has 3 aromatic carbocycles. The van der Waals surface area contributed by atoms with Crippen LogP contribution in [0.25, 0.3) is 16.8 Å². The van der Waals surface area contributed by atoms with E-state index in [9.17, 15) is 9.59 Å². The highest BCUT2D eigenvalue weighted by atomic mass is 16.5. The van der Waals surface area contributed by atoms with Gasteiger partial charge in [-0.1, -0.05) is 48.5 Å². The van der Waals surface area contributed by atoms with Crippen LogP contribution in [-0.4, -0.2) is 32.2 Å². The van der Waals surface area contributed by atoms with E-state index >= 15 is 0 Å². The number of rotatable bonds is 9. The summed E-state index contributed by atoms with van der Waals surface area (Å²) in [5.41, 5.74) is 1.75. The Morgan fingerprint density at radius 3 is 2.59 bits per heavy atom. The van der Waals surface area contributed by atoms with Crippen LogP contribution in [0.2, 0.25) is 0 Å². The predicted molar refractivity (Wildman–Crippen MR) is 125 cm³/mol. The minimum atomic E-state index is -0.606. The summed E-state index contributed by atoms with van der Waals surface area (Å²) < 4.78 is 15.8. The normalized spacial score (nSPS) is 11.8. The Bertz CT molecular complexity index is 1120. The lowest BCUT2D eigenvalue weighted by molar-refractivity contribution is -0.144. The zero-order valence-electron chi connectivity index (χ0n) is 18.5. The van der Waals surface area contributed by atoms with E-state index in [1.165, 1.54) is 6.08 Å². The minimum Gasteiger partial charge on any atom is -0.493 e. The van der Waals surface area contributed by atoms with Gasteiger partial charge in [0.25, 0.3) is 5.91 Å². The fourth-order valence-electron chi connectivity index (χ4n) is 3.40. The number of benzene rings is 3. The Morgan fingerprint density at radius 2 is 1.81 bits per heavy atom. The molecule has 0 heterocycles. The molecule has 1 N–H and O–H groups in total. The maximum Gasteiger partial charge on any atom is 0.331 e. The summed E-state index contributed by atoms with van der Waals surface area (Å²) in [7, 11) is 1.55. The van der Waals surface area contributed by atoms with Crippen LogP contribution in [0.15, 0.2) is 66.7 Å². The summed E-state index contributed by atoms with van der Waals surface area (Å²) in [6, 6.07) is 19.1. The summed E-state index contributed by atoms with van der Waals surface area (Å²) in [6.07, 6.45) is 2.87. The van der Waals surface area contributed by atoms with E-state index in [1.54, 1.807) is 31.4 Å². The average Bonchev–Trinajstić information content (AvgIpc) is 2.81. The molecular formula is C26H27NO5. The molecule has 3 rings (SSSR count). The molecule has 0 saturated heterocycles. The van der Waals surface area contributed by atoms with E-state index < -0.39 is 5.97 Å². The van der Waals surface area contributed by atoms with Crippen molar-refractivity contribution in [3.8, 4) is 11.5 Å². The third-order valence-electron chi connectivity index (χ3n) is 4.91. The Labute approximate surface area is 187 Å². The molecule has 0 aromatic heterocycles. The molecule has 6 nitrogen and oxygen atoms in total. The number of carbonyl (C=O) groups excluding carboxylic acids is 2. The Kier molecular flexibility index (Phi) is 7.86. The van der Waals surface area contributed by atoms with Crippen LogP contribution in [0.4, 0.5) is 0 Å². The molecule has 0 radical (unpaired) electrons. The molecule has 1 atom stereocenters. The molecule has 0 saturated carbocycles. The lowest BCUT2D eigenvalue weighted by Crippen LogP contribution is -2.31. The van der Waals surface area contributed by atoms with E-state index in [2.05, 4.69) is 5.32 Å². The van der Waals surface area contributed by atoms with Crippen LogP contribution in [0, 0.1) is 0 Å². The maximum absolute atomic E-state index is 12.3. The van der Waals surface area contributed by atoms with E-state index in [1.807, 2.05) is 56.3 Å². The molecule has 1 amide bonds. The van der Waals surface area contributed by atoms with E-state index in [0.717, 1.165) is 21.9 Å². The molecule has 0 fully saturated rings. The number of esters is 1. The van der Waals surface area contributed by atoms with Crippen LogP contribution in [0.5, 0.6) is 11.5 Å². The van der Waals surface area contributed by atoms with Crippen LogP contribution in [0.3, 0.4) is 0 Å². The van der Waals surface area contributed by atoms with Gasteiger partial charge in [-0.15, -0.1) is 0 Å². The average molecular weight is 434 g/mol. The van der Waals surface area contributed by atoms with Crippen LogP contribution in [-0.2, 0) is 14.3 Å². The van der Waals surface area contributed by atoms with E-state index in [4.69, 9.17) is 14.2 Å². The van der Waals surface area contributed by atoms with Gasteiger partial charge in [-0.05, 0) is 54.0 Å². The van der Waals surface area contributed by atoms with Crippen molar-refractivity contribution < 1.29 is 23.8 Å². The van der Waals surface area contributed by atoms with E-state index in [0.29, 0.717) is 18.1 Å². The monoisotopic (exact) mass is 433 g/mol. The van der Waals surface area contributed by atoms with Gasteiger partial charge in [0.1, 0.15) is 0 Å². The second kappa shape index (κ2) is 11.0. The molecule has 32 heavy (non-hydrogen) atoms. The molecule has 166 valence electrons. The van der Waals surface area contributed by atoms with Crippen molar-refractivity contribution in [2.45, 2.75) is 19.9 Å².